The van der Waals surface area contributed by atoms with Crippen molar-refractivity contribution in [2.24, 2.45) is 23.7 Å². The Balaban J connectivity index is 1.55. The smallest absolute Gasteiger partial charge is 0.303 e. The molecule has 0 bridgehead atoms. The molecule has 0 spiro atoms. The molecule has 18 heavy (non-hydrogen) atoms. The van der Waals surface area contributed by atoms with Crippen molar-refractivity contribution in [1.82, 2.24) is 5.32 Å². The van der Waals surface area contributed by atoms with Crippen LogP contribution < -0.4 is 5.32 Å². The van der Waals surface area contributed by atoms with Crippen LogP contribution in [0.2, 0.25) is 0 Å². The molecule has 4 heteroatoms. The van der Waals surface area contributed by atoms with Gasteiger partial charge in [0.2, 0.25) is 5.91 Å². The number of hydrogen-bond donors (Lipinski definition) is 2. The first kappa shape index (κ1) is 13.4. The second-order valence-corrected chi connectivity index (χ2v) is 5.90. The van der Waals surface area contributed by atoms with Gasteiger partial charge in [0.05, 0.1) is 0 Å². The third-order valence-electron chi connectivity index (χ3n) is 4.50. The van der Waals surface area contributed by atoms with Crippen LogP contribution in [-0.4, -0.2) is 23.5 Å². The Morgan fingerprint density at radius 3 is 2.56 bits per heavy atom. The molecule has 1 amide bonds. The summed E-state index contributed by atoms with van der Waals surface area (Å²) in [7, 11) is 0. The van der Waals surface area contributed by atoms with Gasteiger partial charge in [0.1, 0.15) is 0 Å². The van der Waals surface area contributed by atoms with Gasteiger partial charge in [-0.05, 0) is 43.4 Å². The van der Waals surface area contributed by atoms with E-state index in [4.69, 9.17) is 5.11 Å². The molecular formula is C14H23NO3. The van der Waals surface area contributed by atoms with Crippen molar-refractivity contribution in [1.29, 1.82) is 0 Å². The number of hydrogen-bond acceptors (Lipinski definition) is 2. The fourth-order valence-electron chi connectivity index (χ4n) is 3.28. The topological polar surface area (TPSA) is 66.4 Å². The minimum Gasteiger partial charge on any atom is -0.481 e. The van der Waals surface area contributed by atoms with Crippen molar-refractivity contribution in [3.05, 3.63) is 0 Å². The molecule has 0 saturated heterocycles. The third-order valence-corrected chi connectivity index (χ3v) is 4.50. The molecule has 2 fully saturated rings. The molecule has 2 rings (SSSR count). The zero-order valence-electron chi connectivity index (χ0n) is 11.0. The summed E-state index contributed by atoms with van der Waals surface area (Å²) < 4.78 is 0. The summed E-state index contributed by atoms with van der Waals surface area (Å²) in [5.41, 5.74) is 0. The molecule has 0 radical (unpaired) electrons. The zero-order chi connectivity index (χ0) is 13.1. The van der Waals surface area contributed by atoms with E-state index in [-0.39, 0.29) is 12.3 Å². The minimum absolute atomic E-state index is 0.224. The summed E-state index contributed by atoms with van der Waals surface area (Å²) in [6.45, 7) is 2.73. The Morgan fingerprint density at radius 2 is 1.94 bits per heavy atom. The van der Waals surface area contributed by atoms with E-state index < -0.39 is 5.97 Å². The Labute approximate surface area is 108 Å². The van der Waals surface area contributed by atoms with Crippen molar-refractivity contribution in [3.8, 4) is 0 Å². The normalized spacial score (nSPS) is 30.6. The van der Waals surface area contributed by atoms with Crippen molar-refractivity contribution >= 4 is 11.9 Å². The van der Waals surface area contributed by atoms with Crippen LogP contribution in [0.15, 0.2) is 0 Å². The highest BCUT2D eigenvalue weighted by Gasteiger charge is 2.56. The quantitative estimate of drug-likeness (QED) is 0.729. The lowest BCUT2D eigenvalue weighted by atomic mass is 10.0. The molecule has 2 aliphatic rings. The van der Waals surface area contributed by atoms with Crippen LogP contribution in [0.3, 0.4) is 0 Å². The van der Waals surface area contributed by atoms with Crippen molar-refractivity contribution in [2.75, 3.05) is 6.54 Å². The summed E-state index contributed by atoms with van der Waals surface area (Å²) >= 11 is 0. The molecule has 3 unspecified atom stereocenters. The van der Waals surface area contributed by atoms with Crippen molar-refractivity contribution < 1.29 is 14.7 Å². The molecule has 0 aliphatic heterocycles. The van der Waals surface area contributed by atoms with Crippen LogP contribution in [0.25, 0.3) is 0 Å². The number of nitrogens with one attached hydrogen (secondary N) is 1. The van der Waals surface area contributed by atoms with E-state index in [1.165, 1.54) is 19.3 Å². The first-order valence-corrected chi connectivity index (χ1v) is 7.09. The molecule has 102 valence electrons. The largest absolute Gasteiger partial charge is 0.481 e. The summed E-state index contributed by atoms with van der Waals surface area (Å²) in [6.07, 6.45) is 5.56. The molecule has 2 saturated carbocycles. The predicted octanol–water partition coefficient (Wildman–Crippen LogP) is 2.04. The molecule has 0 heterocycles. The van der Waals surface area contributed by atoms with Crippen LogP contribution in [0, 0.1) is 23.7 Å². The zero-order valence-corrected chi connectivity index (χ0v) is 11.0. The molecule has 0 aromatic carbocycles. The number of amides is 1. The summed E-state index contributed by atoms with van der Waals surface area (Å²) in [6, 6.07) is 0. The van der Waals surface area contributed by atoms with Crippen LogP contribution >= 0.6 is 0 Å². The number of aliphatic carboxylic acids is 1. The number of carbonyl (C=O) groups is 2. The molecule has 4 nitrogen and oxygen atoms in total. The molecular weight excluding hydrogens is 230 g/mol. The van der Waals surface area contributed by atoms with Gasteiger partial charge >= 0.3 is 5.97 Å². The van der Waals surface area contributed by atoms with E-state index in [2.05, 4.69) is 5.32 Å². The van der Waals surface area contributed by atoms with E-state index >= 15 is 0 Å². The van der Waals surface area contributed by atoms with Crippen molar-refractivity contribution in [2.45, 2.75) is 45.4 Å². The van der Waals surface area contributed by atoms with E-state index in [0.717, 1.165) is 6.42 Å². The van der Waals surface area contributed by atoms with Gasteiger partial charge in [-0.2, -0.15) is 0 Å². The molecule has 3 atom stereocenters. The predicted molar refractivity (Wildman–Crippen MR) is 68.0 cm³/mol. The van der Waals surface area contributed by atoms with E-state index in [9.17, 15) is 9.59 Å². The summed E-state index contributed by atoms with van der Waals surface area (Å²) in [5.74, 6) is 1.50. The number of rotatable bonds is 7. The first-order valence-electron chi connectivity index (χ1n) is 7.09. The van der Waals surface area contributed by atoms with Gasteiger partial charge in [-0.1, -0.05) is 13.3 Å². The first-order chi connectivity index (χ1) is 8.59. The van der Waals surface area contributed by atoms with E-state index in [1.807, 2.05) is 6.92 Å². The van der Waals surface area contributed by atoms with Gasteiger partial charge in [-0.25, -0.2) is 0 Å². The number of carboxylic acids is 1. The minimum atomic E-state index is -0.739. The van der Waals surface area contributed by atoms with E-state index in [0.29, 0.717) is 36.6 Å². The SMILES string of the molecule is CC(CCNC(=O)C1C2CCCC21)CCC(=O)O. The van der Waals surface area contributed by atoms with Gasteiger partial charge in [0.25, 0.3) is 0 Å². The van der Waals surface area contributed by atoms with Crippen LogP contribution in [0.5, 0.6) is 0 Å². The maximum atomic E-state index is 11.9. The molecule has 2 N–H and O–H groups in total. The van der Waals surface area contributed by atoms with Gasteiger partial charge in [0.15, 0.2) is 0 Å². The van der Waals surface area contributed by atoms with Crippen molar-refractivity contribution in [3.63, 3.8) is 0 Å². The Morgan fingerprint density at radius 1 is 1.28 bits per heavy atom. The second-order valence-electron chi connectivity index (χ2n) is 5.90. The lowest BCUT2D eigenvalue weighted by Gasteiger charge is -2.11. The Hall–Kier alpha value is -1.06. The van der Waals surface area contributed by atoms with Crippen LogP contribution in [0.4, 0.5) is 0 Å². The van der Waals surface area contributed by atoms with Gasteiger partial charge in [0, 0.05) is 18.9 Å². The second kappa shape index (κ2) is 5.72. The summed E-state index contributed by atoms with van der Waals surface area (Å²) in [5, 5.41) is 11.6. The van der Waals surface area contributed by atoms with Gasteiger partial charge in [-0.15, -0.1) is 0 Å². The Kier molecular flexibility index (Phi) is 4.25. The van der Waals surface area contributed by atoms with E-state index in [1.54, 1.807) is 0 Å². The van der Waals surface area contributed by atoms with Gasteiger partial charge in [-0.3, -0.25) is 9.59 Å². The average Bonchev–Trinajstić information content (AvgIpc) is 2.80. The molecule has 0 aromatic rings. The molecule has 2 aliphatic carbocycles. The summed E-state index contributed by atoms with van der Waals surface area (Å²) in [4.78, 5) is 22.3. The third kappa shape index (κ3) is 3.24. The Bertz CT molecular complexity index is 319. The highest BCUT2D eigenvalue weighted by Crippen LogP contribution is 2.57. The standard InChI is InChI=1S/C14H23NO3/c1-9(5-6-12(16)17)7-8-15-14(18)13-10-3-2-4-11(10)13/h9-11,13H,2-8H2,1H3,(H,15,18)(H,16,17). The highest BCUT2D eigenvalue weighted by molar-refractivity contribution is 5.82. The maximum Gasteiger partial charge on any atom is 0.303 e. The van der Waals surface area contributed by atoms with Gasteiger partial charge < -0.3 is 10.4 Å². The number of carboxylic acid groups (broad SMARTS) is 1. The highest BCUT2D eigenvalue weighted by atomic mass is 16.4. The number of carbonyl (C=O) groups excluding carboxylic acids is 1. The number of fused-ring (bicyclic) bond motifs is 1. The fraction of sp³-hybridized carbons (Fsp3) is 0.857. The lowest BCUT2D eigenvalue weighted by molar-refractivity contribution is -0.137. The average molecular weight is 253 g/mol. The maximum absolute atomic E-state index is 11.9. The fourth-order valence-corrected chi connectivity index (χ4v) is 3.28. The lowest BCUT2D eigenvalue weighted by Crippen LogP contribution is -2.28. The monoisotopic (exact) mass is 253 g/mol. The van der Waals surface area contributed by atoms with Crippen LogP contribution in [-0.2, 0) is 9.59 Å². The van der Waals surface area contributed by atoms with Crippen LogP contribution in [0.1, 0.15) is 45.4 Å². The molecule has 0 aromatic heterocycles.